The summed E-state index contributed by atoms with van der Waals surface area (Å²) in [5.41, 5.74) is 0. The summed E-state index contributed by atoms with van der Waals surface area (Å²) in [5.74, 6) is 1.28. The SMILES string of the molecule is CN1CCC(C(=O)N2CCN(c3ncccn3)CC2)C1. The van der Waals surface area contributed by atoms with Crippen molar-refractivity contribution < 1.29 is 4.79 Å². The van der Waals surface area contributed by atoms with Crippen LogP contribution in [0.3, 0.4) is 0 Å². The Balaban J connectivity index is 1.55. The van der Waals surface area contributed by atoms with Gasteiger partial charge in [-0.2, -0.15) is 0 Å². The minimum Gasteiger partial charge on any atom is -0.339 e. The highest BCUT2D eigenvalue weighted by molar-refractivity contribution is 5.79. The summed E-state index contributed by atoms with van der Waals surface area (Å²) in [6, 6.07) is 1.82. The zero-order valence-electron chi connectivity index (χ0n) is 11.9. The lowest BCUT2D eigenvalue weighted by atomic mass is 10.1. The average Bonchev–Trinajstić information content (AvgIpc) is 2.94. The van der Waals surface area contributed by atoms with Crippen molar-refractivity contribution in [3.8, 4) is 0 Å². The molecule has 0 aromatic carbocycles. The molecule has 2 aliphatic rings. The van der Waals surface area contributed by atoms with E-state index in [-0.39, 0.29) is 5.92 Å². The lowest BCUT2D eigenvalue weighted by Crippen LogP contribution is -2.51. The quantitative estimate of drug-likeness (QED) is 0.765. The fourth-order valence-electron chi connectivity index (χ4n) is 2.98. The molecule has 0 N–H and O–H groups in total. The zero-order valence-corrected chi connectivity index (χ0v) is 11.9. The molecular weight excluding hydrogens is 254 g/mol. The van der Waals surface area contributed by atoms with E-state index < -0.39 is 0 Å². The highest BCUT2D eigenvalue weighted by atomic mass is 16.2. The molecule has 2 saturated heterocycles. The molecule has 0 radical (unpaired) electrons. The third-order valence-corrected chi connectivity index (χ3v) is 4.17. The number of aromatic nitrogens is 2. The Hall–Kier alpha value is -1.69. The van der Waals surface area contributed by atoms with Gasteiger partial charge in [-0.05, 0) is 26.1 Å². The summed E-state index contributed by atoms with van der Waals surface area (Å²) in [6.45, 7) is 5.13. The highest BCUT2D eigenvalue weighted by Crippen LogP contribution is 2.19. The molecule has 20 heavy (non-hydrogen) atoms. The van der Waals surface area contributed by atoms with Crippen molar-refractivity contribution in [3.63, 3.8) is 0 Å². The van der Waals surface area contributed by atoms with Crippen LogP contribution >= 0.6 is 0 Å². The van der Waals surface area contributed by atoms with Crippen LogP contribution in [0.25, 0.3) is 0 Å². The van der Waals surface area contributed by atoms with E-state index in [4.69, 9.17) is 0 Å². The van der Waals surface area contributed by atoms with E-state index in [0.717, 1.165) is 51.6 Å². The summed E-state index contributed by atoms with van der Waals surface area (Å²) < 4.78 is 0. The van der Waals surface area contributed by atoms with Gasteiger partial charge in [0.15, 0.2) is 0 Å². The van der Waals surface area contributed by atoms with Gasteiger partial charge in [0.2, 0.25) is 11.9 Å². The van der Waals surface area contributed by atoms with Crippen molar-refractivity contribution >= 4 is 11.9 Å². The van der Waals surface area contributed by atoms with E-state index in [2.05, 4.69) is 26.8 Å². The molecule has 3 heterocycles. The maximum Gasteiger partial charge on any atom is 0.227 e. The number of amides is 1. The molecule has 1 aromatic rings. The van der Waals surface area contributed by atoms with Gasteiger partial charge < -0.3 is 14.7 Å². The lowest BCUT2D eigenvalue weighted by molar-refractivity contribution is -0.135. The molecule has 1 amide bonds. The van der Waals surface area contributed by atoms with Gasteiger partial charge in [-0.15, -0.1) is 0 Å². The Morgan fingerprint density at radius 3 is 2.45 bits per heavy atom. The molecule has 1 aromatic heterocycles. The molecule has 0 bridgehead atoms. The van der Waals surface area contributed by atoms with Crippen LogP contribution in [0.2, 0.25) is 0 Å². The van der Waals surface area contributed by atoms with Crippen LogP contribution < -0.4 is 4.90 Å². The van der Waals surface area contributed by atoms with Crippen molar-refractivity contribution in [2.24, 2.45) is 5.92 Å². The van der Waals surface area contributed by atoms with Crippen LogP contribution in [-0.2, 0) is 4.79 Å². The molecule has 3 rings (SSSR count). The zero-order chi connectivity index (χ0) is 13.9. The predicted molar refractivity (Wildman–Crippen MR) is 76.4 cm³/mol. The topological polar surface area (TPSA) is 52.6 Å². The molecule has 6 heteroatoms. The maximum absolute atomic E-state index is 12.4. The summed E-state index contributed by atoms with van der Waals surface area (Å²) in [5, 5.41) is 0. The molecular formula is C14H21N5O. The minimum absolute atomic E-state index is 0.194. The molecule has 0 saturated carbocycles. The number of piperazine rings is 1. The molecule has 1 unspecified atom stereocenters. The first-order valence-corrected chi connectivity index (χ1v) is 7.23. The second-order valence-electron chi connectivity index (χ2n) is 5.61. The Morgan fingerprint density at radius 1 is 1.15 bits per heavy atom. The summed E-state index contributed by atoms with van der Waals surface area (Å²) >= 11 is 0. The number of anilines is 1. The smallest absolute Gasteiger partial charge is 0.227 e. The van der Waals surface area contributed by atoms with Crippen LogP contribution in [-0.4, -0.2) is 72.0 Å². The van der Waals surface area contributed by atoms with E-state index in [0.29, 0.717) is 5.91 Å². The Labute approximate surface area is 119 Å². The van der Waals surface area contributed by atoms with E-state index >= 15 is 0 Å². The van der Waals surface area contributed by atoms with Gasteiger partial charge in [-0.1, -0.05) is 0 Å². The van der Waals surface area contributed by atoms with Gasteiger partial charge in [-0.3, -0.25) is 4.79 Å². The van der Waals surface area contributed by atoms with E-state index in [1.165, 1.54) is 0 Å². The summed E-state index contributed by atoms with van der Waals surface area (Å²) in [7, 11) is 2.08. The van der Waals surface area contributed by atoms with Gasteiger partial charge in [-0.25, -0.2) is 9.97 Å². The van der Waals surface area contributed by atoms with Crippen LogP contribution in [0, 0.1) is 5.92 Å². The number of likely N-dealkylation sites (tertiary alicyclic amines) is 1. The monoisotopic (exact) mass is 275 g/mol. The number of carbonyl (C=O) groups excluding carboxylic acids is 1. The van der Waals surface area contributed by atoms with E-state index in [1.54, 1.807) is 12.4 Å². The molecule has 108 valence electrons. The molecule has 2 fully saturated rings. The van der Waals surface area contributed by atoms with Crippen molar-refractivity contribution in [1.82, 2.24) is 19.8 Å². The molecule has 2 aliphatic heterocycles. The molecule has 0 spiro atoms. The second-order valence-corrected chi connectivity index (χ2v) is 5.61. The van der Waals surface area contributed by atoms with Crippen LogP contribution in [0.15, 0.2) is 18.5 Å². The first-order valence-electron chi connectivity index (χ1n) is 7.23. The van der Waals surface area contributed by atoms with Crippen molar-refractivity contribution in [3.05, 3.63) is 18.5 Å². The third-order valence-electron chi connectivity index (χ3n) is 4.17. The second kappa shape index (κ2) is 5.75. The first-order chi connectivity index (χ1) is 9.74. The Morgan fingerprint density at radius 2 is 1.85 bits per heavy atom. The van der Waals surface area contributed by atoms with E-state index in [1.807, 2.05) is 11.0 Å². The van der Waals surface area contributed by atoms with Gasteiger partial charge in [0.25, 0.3) is 0 Å². The standard InChI is InChI=1S/C14H21N5O/c1-17-6-3-12(11-17)13(20)18-7-9-19(10-8-18)14-15-4-2-5-16-14/h2,4-5,12H,3,6-11H2,1H3. The largest absolute Gasteiger partial charge is 0.339 e. The normalized spacial score (nSPS) is 24.1. The molecule has 6 nitrogen and oxygen atoms in total. The summed E-state index contributed by atoms with van der Waals surface area (Å²) in [4.78, 5) is 27.3. The third kappa shape index (κ3) is 2.75. The number of hydrogen-bond donors (Lipinski definition) is 0. The van der Waals surface area contributed by atoms with Crippen molar-refractivity contribution in [1.29, 1.82) is 0 Å². The fourth-order valence-corrected chi connectivity index (χ4v) is 2.98. The van der Waals surface area contributed by atoms with Crippen LogP contribution in [0.5, 0.6) is 0 Å². The van der Waals surface area contributed by atoms with Gasteiger partial charge in [0.1, 0.15) is 0 Å². The summed E-state index contributed by atoms with van der Waals surface area (Å²) in [6.07, 6.45) is 4.51. The first kappa shape index (κ1) is 13.3. The molecule has 0 aliphatic carbocycles. The Kier molecular flexibility index (Phi) is 3.82. The van der Waals surface area contributed by atoms with Gasteiger partial charge in [0, 0.05) is 45.1 Å². The Bertz CT molecular complexity index is 458. The number of hydrogen-bond acceptors (Lipinski definition) is 5. The molecule has 1 atom stereocenters. The van der Waals surface area contributed by atoms with Crippen molar-refractivity contribution in [2.45, 2.75) is 6.42 Å². The highest BCUT2D eigenvalue weighted by Gasteiger charge is 2.31. The minimum atomic E-state index is 0.194. The van der Waals surface area contributed by atoms with Crippen LogP contribution in [0.4, 0.5) is 5.95 Å². The lowest BCUT2D eigenvalue weighted by Gasteiger charge is -2.35. The fraction of sp³-hybridized carbons (Fsp3) is 0.643. The number of carbonyl (C=O) groups is 1. The van der Waals surface area contributed by atoms with Gasteiger partial charge >= 0.3 is 0 Å². The number of nitrogens with zero attached hydrogens (tertiary/aromatic N) is 5. The predicted octanol–water partition coefficient (Wildman–Crippen LogP) is 0.0769. The number of rotatable bonds is 2. The van der Waals surface area contributed by atoms with Gasteiger partial charge in [0.05, 0.1) is 5.92 Å². The van der Waals surface area contributed by atoms with E-state index in [9.17, 15) is 4.79 Å². The van der Waals surface area contributed by atoms with Crippen LogP contribution in [0.1, 0.15) is 6.42 Å². The van der Waals surface area contributed by atoms with Crippen molar-refractivity contribution in [2.75, 3.05) is 51.2 Å². The average molecular weight is 275 g/mol. The maximum atomic E-state index is 12.4.